The fourth-order valence-electron chi connectivity index (χ4n) is 2.62. The van der Waals surface area contributed by atoms with Crippen LogP contribution in [0.25, 0.3) is 0 Å². The van der Waals surface area contributed by atoms with Crippen LogP contribution in [0.5, 0.6) is 0 Å². The van der Waals surface area contributed by atoms with Gasteiger partial charge in [-0.25, -0.2) is 4.39 Å². The van der Waals surface area contributed by atoms with Crippen LogP contribution in [0.4, 0.5) is 15.8 Å². The van der Waals surface area contributed by atoms with E-state index in [2.05, 4.69) is 15.5 Å². The van der Waals surface area contributed by atoms with Crippen molar-refractivity contribution < 1.29 is 18.7 Å². The van der Waals surface area contributed by atoms with Crippen LogP contribution >= 0.6 is 0 Å². The van der Waals surface area contributed by atoms with Gasteiger partial charge in [0.05, 0.1) is 18.9 Å². The molecule has 2 rings (SSSR count). The first-order valence-electron chi connectivity index (χ1n) is 8.87. The number of ether oxygens (including phenoxy) is 1. The molecule has 1 aliphatic heterocycles. The molecule has 7 heteroatoms. The molecule has 1 aromatic rings. The van der Waals surface area contributed by atoms with Crippen molar-refractivity contribution in [2.75, 3.05) is 43.5 Å². The van der Waals surface area contributed by atoms with Crippen molar-refractivity contribution in [3.8, 4) is 0 Å². The number of anilines is 2. The Bertz CT molecular complexity index is 670. The Morgan fingerprint density at radius 1 is 1.27 bits per heavy atom. The third-order valence-corrected chi connectivity index (χ3v) is 4.13. The van der Waals surface area contributed by atoms with Gasteiger partial charge in [0.15, 0.2) is 0 Å². The van der Waals surface area contributed by atoms with Gasteiger partial charge in [-0.1, -0.05) is 13.0 Å². The number of morpholine rings is 1. The fourth-order valence-corrected chi connectivity index (χ4v) is 2.62. The standard InChI is InChI=1S/C19H26FN3O3/c1-3-4-14(2)19(25)21-15-5-6-16(20)17(13-15)22-18(24)7-8-23-9-11-26-12-10-23/h4-6,13H,3,7-12H2,1-2H3,(H,21,25)(H,22,24). The number of hydrogen-bond acceptors (Lipinski definition) is 4. The van der Waals surface area contributed by atoms with Crippen LogP contribution in [0.2, 0.25) is 0 Å². The first kappa shape index (κ1) is 20.1. The molecule has 0 bridgehead atoms. The third-order valence-electron chi connectivity index (χ3n) is 4.13. The summed E-state index contributed by atoms with van der Waals surface area (Å²) in [6.07, 6.45) is 2.84. The topological polar surface area (TPSA) is 70.7 Å². The molecule has 142 valence electrons. The molecular weight excluding hydrogens is 337 g/mol. The number of carbonyl (C=O) groups is 2. The molecule has 0 atom stereocenters. The number of rotatable bonds is 7. The van der Waals surface area contributed by atoms with Crippen LogP contribution in [0.3, 0.4) is 0 Å². The second kappa shape index (κ2) is 10.0. The molecule has 1 saturated heterocycles. The molecule has 0 unspecified atom stereocenters. The van der Waals surface area contributed by atoms with E-state index in [1.165, 1.54) is 18.2 Å². The summed E-state index contributed by atoms with van der Waals surface area (Å²) in [7, 11) is 0. The first-order valence-corrected chi connectivity index (χ1v) is 8.87. The number of allylic oxidation sites excluding steroid dienone is 1. The molecule has 0 spiro atoms. The van der Waals surface area contributed by atoms with Gasteiger partial charge in [-0.2, -0.15) is 0 Å². The molecular formula is C19H26FN3O3. The molecule has 1 heterocycles. The number of hydrogen-bond donors (Lipinski definition) is 2. The summed E-state index contributed by atoms with van der Waals surface area (Å²) in [5, 5.41) is 5.28. The van der Waals surface area contributed by atoms with Gasteiger partial charge in [-0.15, -0.1) is 0 Å². The van der Waals surface area contributed by atoms with Crippen LogP contribution < -0.4 is 10.6 Å². The van der Waals surface area contributed by atoms with Crippen LogP contribution in [-0.4, -0.2) is 49.6 Å². The van der Waals surface area contributed by atoms with E-state index < -0.39 is 5.82 Å². The van der Waals surface area contributed by atoms with Gasteiger partial charge in [-0.3, -0.25) is 14.5 Å². The zero-order valence-corrected chi connectivity index (χ0v) is 15.3. The maximum absolute atomic E-state index is 14.0. The highest BCUT2D eigenvalue weighted by Gasteiger charge is 2.14. The van der Waals surface area contributed by atoms with Gasteiger partial charge in [0.1, 0.15) is 5.82 Å². The van der Waals surface area contributed by atoms with Crippen LogP contribution in [0.15, 0.2) is 29.8 Å². The van der Waals surface area contributed by atoms with Gasteiger partial charge in [-0.05, 0) is 31.5 Å². The van der Waals surface area contributed by atoms with Crippen molar-refractivity contribution in [3.63, 3.8) is 0 Å². The van der Waals surface area contributed by atoms with Crippen molar-refractivity contribution >= 4 is 23.2 Å². The zero-order chi connectivity index (χ0) is 18.9. The second-order valence-electron chi connectivity index (χ2n) is 6.20. The lowest BCUT2D eigenvalue weighted by molar-refractivity contribution is -0.116. The van der Waals surface area contributed by atoms with Gasteiger partial charge in [0, 0.05) is 37.3 Å². The van der Waals surface area contributed by atoms with Crippen LogP contribution in [0, 0.1) is 5.82 Å². The van der Waals surface area contributed by atoms with E-state index in [1.807, 2.05) is 13.0 Å². The quantitative estimate of drug-likeness (QED) is 0.731. The summed E-state index contributed by atoms with van der Waals surface area (Å²) >= 11 is 0. The summed E-state index contributed by atoms with van der Waals surface area (Å²) in [6.45, 7) is 7.21. The Kier molecular flexibility index (Phi) is 7.74. The maximum atomic E-state index is 14.0. The normalized spacial score (nSPS) is 15.6. The van der Waals surface area contributed by atoms with Crippen molar-refractivity contribution in [1.29, 1.82) is 0 Å². The molecule has 2 N–H and O–H groups in total. The van der Waals surface area contributed by atoms with E-state index in [-0.39, 0.29) is 23.9 Å². The summed E-state index contributed by atoms with van der Waals surface area (Å²) in [5.74, 6) is -1.05. The maximum Gasteiger partial charge on any atom is 0.250 e. The van der Waals surface area contributed by atoms with E-state index in [0.29, 0.717) is 31.0 Å². The lowest BCUT2D eigenvalue weighted by Gasteiger charge is -2.26. The molecule has 1 aromatic carbocycles. The van der Waals surface area contributed by atoms with Gasteiger partial charge >= 0.3 is 0 Å². The lowest BCUT2D eigenvalue weighted by Crippen LogP contribution is -2.38. The van der Waals surface area contributed by atoms with E-state index in [1.54, 1.807) is 6.92 Å². The minimum absolute atomic E-state index is 0.0619. The predicted molar refractivity (Wildman–Crippen MR) is 99.6 cm³/mol. The molecule has 1 aliphatic rings. The lowest BCUT2D eigenvalue weighted by atomic mass is 10.2. The molecule has 0 radical (unpaired) electrons. The summed E-state index contributed by atoms with van der Waals surface area (Å²) in [6, 6.07) is 4.13. The van der Waals surface area contributed by atoms with E-state index in [0.717, 1.165) is 19.5 Å². The highest BCUT2D eigenvalue weighted by atomic mass is 19.1. The summed E-state index contributed by atoms with van der Waals surface area (Å²) in [5.41, 5.74) is 1.09. The van der Waals surface area contributed by atoms with E-state index >= 15 is 0 Å². The Morgan fingerprint density at radius 3 is 2.69 bits per heavy atom. The monoisotopic (exact) mass is 363 g/mol. The Balaban J connectivity index is 1.92. The number of carbonyl (C=O) groups excluding carboxylic acids is 2. The van der Waals surface area contributed by atoms with Gasteiger partial charge < -0.3 is 15.4 Å². The van der Waals surface area contributed by atoms with Crippen LogP contribution in [0.1, 0.15) is 26.7 Å². The second-order valence-corrected chi connectivity index (χ2v) is 6.20. The van der Waals surface area contributed by atoms with Crippen molar-refractivity contribution in [2.24, 2.45) is 0 Å². The molecule has 0 aromatic heterocycles. The Labute approximate surface area is 153 Å². The SMILES string of the molecule is CCC=C(C)C(=O)Nc1ccc(F)c(NC(=O)CCN2CCOCC2)c1. The Hall–Kier alpha value is -2.25. The Morgan fingerprint density at radius 2 is 2.00 bits per heavy atom. The van der Waals surface area contributed by atoms with Crippen molar-refractivity contribution in [2.45, 2.75) is 26.7 Å². The van der Waals surface area contributed by atoms with E-state index in [4.69, 9.17) is 4.74 Å². The van der Waals surface area contributed by atoms with Crippen LogP contribution in [-0.2, 0) is 14.3 Å². The number of halogens is 1. The molecule has 6 nitrogen and oxygen atoms in total. The predicted octanol–water partition coefficient (Wildman–Crippen LogP) is 2.78. The summed E-state index contributed by atoms with van der Waals surface area (Å²) in [4.78, 5) is 26.3. The molecule has 1 fully saturated rings. The minimum atomic E-state index is -0.538. The molecule has 0 aliphatic carbocycles. The fraction of sp³-hybridized carbons (Fsp3) is 0.474. The minimum Gasteiger partial charge on any atom is -0.379 e. The van der Waals surface area contributed by atoms with Crippen molar-refractivity contribution in [1.82, 2.24) is 4.90 Å². The van der Waals surface area contributed by atoms with Gasteiger partial charge in [0.2, 0.25) is 5.91 Å². The number of nitrogens with one attached hydrogen (secondary N) is 2. The largest absolute Gasteiger partial charge is 0.379 e. The average Bonchev–Trinajstić information content (AvgIpc) is 2.64. The smallest absolute Gasteiger partial charge is 0.250 e. The third kappa shape index (κ3) is 6.24. The average molecular weight is 363 g/mol. The first-order chi connectivity index (χ1) is 12.5. The highest BCUT2D eigenvalue weighted by Crippen LogP contribution is 2.20. The highest BCUT2D eigenvalue weighted by molar-refractivity contribution is 6.03. The molecule has 2 amide bonds. The number of amides is 2. The number of benzene rings is 1. The summed E-state index contributed by atoms with van der Waals surface area (Å²) < 4.78 is 19.2. The van der Waals surface area contributed by atoms with Gasteiger partial charge in [0.25, 0.3) is 5.91 Å². The zero-order valence-electron chi connectivity index (χ0n) is 15.3. The van der Waals surface area contributed by atoms with Crippen molar-refractivity contribution in [3.05, 3.63) is 35.7 Å². The molecule has 26 heavy (non-hydrogen) atoms. The van der Waals surface area contributed by atoms with E-state index in [9.17, 15) is 14.0 Å². The number of nitrogens with zero attached hydrogens (tertiary/aromatic N) is 1. The molecule has 0 saturated carbocycles.